The standard InChI is InChI=1S/C17H19NO2/c1-20-15-8-4-13-5-9-17(16(13)10-15)18-11-12-2-6-14(19)7-3-12/h2-4,6-8,10,17-19H,5,9,11H2,1H3. The van der Waals surface area contributed by atoms with E-state index in [0.29, 0.717) is 11.8 Å². The lowest BCUT2D eigenvalue weighted by Gasteiger charge is -2.15. The molecule has 2 aromatic rings. The minimum atomic E-state index is 0.310. The molecule has 20 heavy (non-hydrogen) atoms. The van der Waals surface area contributed by atoms with Crippen LogP contribution >= 0.6 is 0 Å². The predicted octanol–water partition coefficient (Wildman–Crippen LogP) is 3.18. The average molecular weight is 269 g/mol. The van der Waals surface area contributed by atoms with E-state index in [1.807, 2.05) is 18.2 Å². The SMILES string of the molecule is COc1ccc2c(c1)C(NCc1ccc(O)cc1)CC2. The van der Waals surface area contributed by atoms with Gasteiger partial charge < -0.3 is 15.2 Å². The molecule has 2 aromatic carbocycles. The van der Waals surface area contributed by atoms with Gasteiger partial charge in [0.25, 0.3) is 0 Å². The lowest BCUT2D eigenvalue weighted by molar-refractivity contribution is 0.413. The third kappa shape index (κ3) is 2.63. The molecule has 0 fully saturated rings. The highest BCUT2D eigenvalue weighted by molar-refractivity contribution is 5.41. The Balaban J connectivity index is 1.70. The number of benzene rings is 2. The molecule has 3 nitrogen and oxygen atoms in total. The van der Waals surface area contributed by atoms with E-state index >= 15 is 0 Å². The first-order valence-corrected chi connectivity index (χ1v) is 6.94. The molecule has 0 aromatic heterocycles. The van der Waals surface area contributed by atoms with Crippen molar-refractivity contribution in [2.45, 2.75) is 25.4 Å². The molecule has 1 aliphatic carbocycles. The van der Waals surface area contributed by atoms with E-state index in [-0.39, 0.29) is 0 Å². The van der Waals surface area contributed by atoms with Crippen LogP contribution in [0.5, 0.6) is 11.5 Å². The van der Waals surface area contributed by atoms with Gasteiger partial charge in [0.15, 0.2) is 0 Å². The quantitative estimate of drug-likeness (QED) is 0.895. The van der Waals surface area contributed by atoms with Gasteiger partial charge >= 0.3 is 0 Å². The van der Waals surface area contributed by atoms with Crippen molar-refractivity contribution in [3.63, 3.8) is 0 Å². The third-order valence-corrected chi connectivity index (χ3v) is 3.92. The van der Waals surface area contributed by atoms with Crippen LogP contribution in [0.15, 0.2) is 42.5 Å². The highest BCUT2D eigenvalue weighted by atomic mass is 16.5. The lowest BCUT2D eigenvalue weighted by atomic mass is 10.1. The summed E-state index contributed by atoms with van der Waals surface area (Å²) in [4.78, 5) is 0. The minimum absolute atomic E-state index is 0.310. The third-order valence-electron chi connectivity index (χ3n) is 3.92. The Kier molecular flexibility index (Phi) is 3.61. The summed E-state index contributed by atoms with van der Waals surface area (Å²) in [7, 11) is 1.70. The van der Waals surface area contributed by atoms with E-state index in [2.05, 4.69) is 17.4 Å². The second kappa shape index (κ2) is 5.55. The van der Waals surface area contributed by atoms with Gasteiger partial charge in [0.05, 0.1) is 7.11 Å². The number of hydrogen-bond donors (Lipinski definition) is 2. The Morgan fingerprint density at radius 2 is 2.00 bits per heavy atom. The first kappa shape index (κ1) is 13.0. The summed E-state index contributed by atoms with van der Waals surface area (Å²) in [5, 5.41) is 12.9. The fourth-order valence-electron chi connectivity index (χ4n) is 2.77. The number of phenolic OH excluding ortho intramolecular Hbond substituents is 1. The zero-order valence-corrected chi connectivity index (χ0v) is 11.6. The number of nitrogens with one attached hydrogen (secondary N) is 1. The molecule has 1 atom stereocenters. The Morgan fingerprint density at radius 1 is 1.20 bits per heavy atom. The molecule has 0 spiro atoms. The molecule has 0 saturated carbocycles. The number of phenols is 1. The Hall–Kier alpha value is -2.00. The van der Waals surface area contributed by atoms with Crippen LogP contribution in [0.2, 0.25) is 0 Å². The van der Waals surface area contributed by atoms with Gasteiger partial charge in [0.1, 0.15) is 11.5 Å². The van der Waals surface area contributed by atoms with Crippen molar-refractivity contribution in [2.24, 2.45) is 0 Å². The summed E-state index contributed by atoms with van der Waals surface area (Å²) in [5.41, 5.74) is 3.94. The first-order chi connectivity index (χ1) is 9.76. The zero-order chi connectivity index (χ0) is 13.9. The van der Waals surface area contributed by atoms with Crippen LogP contribution in [0.1, 0.15) is 29.2 Å². The maximum atomic E-state index is 9.29. The number of aryl methyl sites for hydroxylation is 1. The van der Waals surface area contributed by atoms with Crippen molar-refractivity contribution in [2.75, 3.05) is 7.11 Å². The van der Waals surface area contributed by atoms with E-state index in [4.69, 9.17) is 4.74 Å². The van der Waals surface area contributed by atoms with Crippen LogP contribution < -0.4 is 10.1 Å². The van der Waals surface area contributed by atoms with Crippen molar-refractivity contribution in [1.29, 1.82) is 0 Å². The molecule has 1 aliphatic rings. The minimum Gasteiger partial charge on any atom is -0.508 e. The summed E-state index contributed by atoms with van der Waals surface area (Å²) in [6.07, 6.45) is 2.24. The Labute approximate surface area is 119 Å². The van der Waals surface area contributed by atoms with Gasteiger partial charge in [-0.1, -0.05) is 18.2 Å². The normalized spacial score (nSPS) is 16.9. The van der Waals surface area contributed by atoms with Crippen molar-refractivity contribution in [3.8, 4) is 11.5 Å². The molecule has 0 heterocycles. The number of fused-ring (bicyclic) bond motifs is 1. The molecule has 0 amide bonds. The summed E-state index contributed by atoms with van der Waals surface area (Å²) >= 11 is 0. The summed E-state index contributed by atoms with van der Waals surface area (Å²) in [6, 6.07) is 14.1. The predicted molar refractivity (Wildman–Crippen MR) is 79.0 cm³/mol. The van der Waals surface area contributed by atoms with Gasteiger partial charge in [-0.05, 0) is 53.8 Å². The van der Waals surface area contributed by atoms with Crippen LogP contribution in [0.4, 0.5) is 0 Å². The molecule has 0 radical (unpaired) electrons. The van der Waals surface area contributed by atoms with Crippen molar-refractivity contribution in [1.82, 2.24) is 5.32 Å². The van der Waals surface area contributed by atoms with Gasteiger partial charge in [-0.3, -0.25) is 0 Å². The lowest BCUT2D eigenvalue weighted by Crippen LogP contribution is -2.18. The van der Waals surface area contributed by atoms with E-state index in [1.54, 1.807) is 19.2 Å². The van der Waals surface area contributed by atoms with Crippen LogP contribution in [-0.2, 0) is 13.0 Å². The van der Waals surface area contributed by atoms with Crippen LogP contribution in [0.25, 0.3) is 0 Å². The van der Waals surface area contributed by atoms with E-state index in [9.17, 15) is 5.11 Å². The van der Waals surface area contributed by atoms with Gasteiger partial charge in [-0.25, -0.2) is 0 Å². The molecule has 0 bridgehead atoms. The Morgan fingerprint density at radius 3 is 2.75 bits per heavy atom. The maximum Gasteiger partial charge on any atom is 0.119 e. The van der Waals surface area contributed by atoms with E-state index in [0.717, 1.165) is 25.1 Å². The van der Waals surface area contributed by atoms with Gasteiger partial charge in [-0.15, -0.1) is 0 Å². The van der Waals surface area contributed by atoms with Gasteiger partial charge in [0, 0.05) is 12.6 Å². The zero-order valence-electron chi connectivity index (χ0n) is 11.6. The first-order valence-electron chi connectivity index (χ1n) is 6.94. The van der Waals surface area contributed by atoms with E-state index in [1.165, 1.54) is 16.7 Å². The summed E-state index contributed by atoms with van der Waals surface area (Å²) in [6.45, 7) is 0.807. The second-order valence-electron chi connectivity index (χ2n) is 5.20. The number of aromatic hydroxyl groups is 1. The highest BCUT2D eigenvalue weighted by Gasteiger charge is 2.22. The van der Waals surface area contributed by atoms with Crippen LogP contribution in [0, 0.1) is 0 Å². The van der Waals surface area contributed by atoms with E-state index < -0.39 is 0 Å². The number of hydrogen-bond acceptors (Lipinski definition) is 3. The molecule has 3 rings (SSSR count). The number of rotatable bonds is 4. The number of methoxy groups -OCH3 is 1. The second-order valence-corrected chi connectivity index (χ2v) is 5.20. The van der Waals surface area contributed by atoms with Gasteiger partial charge in [0.2, 0.25) is 0 Å². The van der Waals surface area contributed by atoms with Gasteiger partial charge in [-0.2, -0.15) is 0 Å². The van der Waals surface area contributed by atoms with Crippen molar-refractivity contribution in [3.05, 3.63) is 59.2 Å². The smallest absolute Gasteiger partial charge is 0.119 e. The largest absolute Gasteiger partial charge is 0.508 e. The summed E-state index contributed by atoms with van der Waals surface area (Å²) < 4.78 is 5.31. The summed E-state index contributed by atoms with van der Waals surface area (Å²) in [5.74, 6) is 1.23. The molecular formula is C17H19NO2. The molecule has 2 N–H and O–H groups in total. The molecule has 0 aliphatic heterocycles. The number of ether oxygens (including phenoxy) is 1. The fourth-order valence-corrected chi connectivity index (χ4v) is 2.77. The van der Waals surface area contributed by atoms with Crippen LogP contribution in [0.3, 0.4) is 0 Å². The van der Waals surface area contributed by atoms with Crippen molar-refractivity contribution >= 4 is 0 Å². The topological polar surface area (TPSA) is 41.5 Å². The maximum absolute atomic E-state index is 9.29. The molecule has 104 valence electrons. The molecule has 3 heteroatoms. The van der Waals surface area contributed by atoms with Crippen LogP contribution in [-0.4, -0.2) is 12.2 Å². The fraction of sp³-hybridized carbons (Fsp3) is 0.294. The highest BCUT2D eigenvalue weighted by Crippen LogP contribution is 2.33. The average Bonchev–Trinajstić information content (AvgIpc) is 2.89. The molecule has 1 unspecified atom stereocenters. The van der Waals surface area contributed by atoms with Crippen molar-refractivity contribution < 1.29 is 9.84 Å². The molecular weight excluding hydrogens is 250 g/mol. The monoisotopic (exact) mass is 269 g/mol. The Bertz CT molecular complexity index is 592. The molecule has 0 saturated heterocycles.